The number of H-pyrrole nitrogens is 1. The van der Waals surface area contributed by atoms with Crippen molar-refractivity contribution in [3.05, 3.63) is 11.4 Å². The van der Waals surface area contributed by atoms with Crippen molar-refractivity contribution in [3.63, 3.8) is 0 Å². The summed E-state index contributed by atoms with van der Waals surface area (Å²) in [4.78, 5) is 0.299. The molecule has 1 aromatic rings. The first kappa shape index (κ1) is 16.5. The SMILES string of the molecule is CCNCc1n[nH]c(C)c1S(=O)(=O)NC(C)C1CCCC1. The van der Waals surface area contributed by atoms with Gasteiger partial charge >= 0.3 is 0 Å². The van der Waals surface area contributed by atoms with Gasteiger partial charge < -0.3 is 5.32 Å². The van der Waals surface area contributed by atoms with Crippen LogP contribution >= 0.6 is 0 Å². The summed E-state index contributed by atoms with van der Waals surface area (Å²) in [5.74, 6) is 0.448. The summed E-state index contributed by atoms with van der Waals surface area (Å²) in [6.07, 6.45) is 4.62. The molecule has 120 valence electrons. The van der Waals surface area contributed by atoms with Crippen LogP contribution < -0.4 is 10.0 Å². The first-order valence-electron chi connectivity index (χ1n) is 7.72. The Balaban J connectivity index is 2.16. The number of aromatic amines is 1. The Morgan fingerprint density at radius 2 is 2.05 bits per heavy atom. The minimum Gasteiger partial charge on any atom is -0.311 e. The molecule has 0 aliphatic heterocycles. The molecular formula is C14H26N4O2S. The number of hydrogen-bond acceptors (Lipinski definition) is 4. The molecule has 6 nitrogen and oxygen atoms in total. The predicted molar refractivity (Wildman–Crippen MR) is 82.4 cm³/mol. The van der Waals surface area contributed by atoms with Gasteiger partial charge in [-0.1, -0.05) is 19.8 Å². The van der Waals surface area contributed by atoms with Crippen LogP contribution in [0.1, 0.15) is 50.9 Å². The summed E-state index contributed by atoms with van der Waals surface area (Å²) in [5, 5.41) is 10.0. The number of sulfonamides is 1. The normalized spacial score (nSPS) is 18.2. The fourth-order valence-corrected chi connectivity index (χ4v) is 4.72. The van der Waals surface area contributed by atoms with Crippen LogP contribution in [0.3, 0.4) is 0 Å². The van der Waals surface area contributed by atoms with Crippen molar-refractivity contribution in [2.24, 2.45) is 5.92 Å². The highest BCUT2D eigenvalue weighted by Crippen LogP contribution is 2.28. The van der Waals surface area contributed by atoms with E-state index in [1.807, 2.05) is 13.8 Å². The van der Waals surface area contributed by atoms with Crippen LogP contribution in [0.15, 0.2) is 4.90 Å². The Labute approximate surface area is 127 Å². The summed E-state index contributed by atoms with van der Waals surface area (Å²) < 4.78 is 28.2. The second-order valence-corrected chi connectivity index (χ2v) is 7.51. The van der Waals surface area contributed by atoms with Crippen molar-refractivity contribution in [3.8, 4) is 0 Å². The van der Waals surface area contributed by atoms with Gasteiger partial charge in [0.1, 0.15) is 4.90 Å². The average molecular weight is 314 g/mol. The van der Waals surface area contributed by atoms with Crippen LogP contribution in [0.5, 0.6) is 0 Å². The molecule has 1 unspecified atom stereocenters. The molecule has 0 radical (unpaired) electrons. The van der Waals surface area contributed by atoms with Gasteiger partial charge in [0.25, 0.3) is 0 Å². The van der Waals surface area contributed by atoms with E-state index in [0.29, 0.717) is 28.7 Å². The molecule has 1 atom stereocenters. The number of nitrogens with one attached hydrogen (secondary N) is 3. The molecule has 1 aliphatic rings. The van der Waals surface area contributed by atoms with Crippen LogP contribution in [0.25, 0.3) is 0 Å². The van der Waals surface area contributed by atoms with Crippen molar-refractivity contribution in [1.82, 2.24) is 20.2 Å². The van der Waals surface area contributed by atoms with Gasteiger partial charge in [0.2, 0.25) is 10.0 Å². The van der Waals surface area contributed by atoms with Gasteiger partial charge in [0, 0.05) is 12.6 Å². The molecule has 1 aliphatic carbocycles. The van der Waals surface area contributed by atoms with Crippen LogP contribution in [0.2, 0.25) is 0 Å². The molecule has 0 spiro atoms. The molecular weight excluding hydrogens is 288 g/mol. The maximum atomic E-state index is 12.7. The largest absolute Gasteiger partial charge is 0.311 e. The van der Waals surface area contributed by atoms with Crippen molar-refractivity contribution in [2.45, 2.75) is 63.9 Å². The van der Waals surface area contributed by atoms with E-state index in [9.17, 15) is 8.42 Å². The number of aryl methyl sites for hydroxylation is 1. The molecule has 1 fully saturated rings. The Kier molecular flexibility index (Phi) is 5.40. The standard InChI is InChI=1S/C14H26N4O2S/c1-4-15-9-13-14(11(3)16-17-13)21(19,20)18-10(2)12-7-5-6-8-12/h10,12,15,18H,4-9H2,1-3H3,(H,16,17). The van der Waals surface area contributed by atoms with Crippen LogP contribution in [0, 0.1) is 12.8 Å². The smallest absolute Gasteiger partial charge is 0.244 e. The third-order valence-corrected chi connectivity index (χ3v) is 5.98. The van der Waals surface area contributed by atoms with E-state index in [1.54, 1.807) is 6.92 Å². The maximum absolute atomic E-state index is 12.7. The molecule has 0 amide bonds. The summed E-state index contributed by atoms with van der Waals surface area (Å²) in [5.41, 5.74) is 1.15. The highest BCUT2D eigenvalue weighted by molar-refractivity contribution is 7.89. The lowest BCUT2D eigenvalue weighted by Gasteiger charge is -2.20. The lowest BCUT2D eigenvalue weighted by molar-refractivity contribution is 0.423. The Morgan fingerprint density at radius 3 is 2.67 bits per heavy atom. The lowest BCUT2D eigenvalue weighted by Crippen LogP contribution is -2.37. The van der Waals surface area contributed by atoms with Gasteiger partial charge in [0.05, 0.1) is 11.4 Å². The highest BCUT2D eigenvalue weighted by Gasteiger charge is 2.29. The third-order valence-electron chi connectivity index (χ3n) is 4.22. The monoisotopic (exact) mass is 314 g/mol. The van der Waals surface area contributed by atoms with E-state index in [-0.39, 0.29) is 6.04 Å². The zero-order chi connectivity index (χ0) is 15.5. The number of aromatic nitrogens is 2. The zero-order valence-corrected chi connectivity index (χ0v) is 13.9. The third kappa shape index (κ3) is 3.84. The van der Waals surface area contributed by atoms with E-state index < -0.39 is 10.0 Å². The Hall–Kier alpha value is -0.920. The number of nitrogens with zero attached hydrogens (tertiary/aromatic N) is 1. The van der Waals surface area contributed by atoms with Gasteiger partial charge in [-0.05, 0) is 39.2 Å². The van der Waals surface area contributed by atoms with Gasteiger partial charge in [-0.25, -0.2) is 13.1 Å². The van der Waals surface area contributed by atoms with E-state index in [1.165, 1.54) is 12.8 Å². The second kappa shape index (κ2) is 6.89. The lowest BCUT2D eigenvalue weighted by atomic mass is 10.0. The average Bonchev–Trinajstić information content (AvgIpc) is 3.05. The minimum atomic E-state index is -3.53. The van der Waals surface area contributed by atoms with Crippen molar-refractivity contribution in [1.29, 1.82) is 0 Å². The van der Waals surface area contributed by atoms with E-state index >= 15 is 0 Å². The molecule has 0 saturated heterocycles. The summed E-state index contributed by atoms with van der Waals surface area (Å²) in [7, 11) is -3.53. The molecule has 3 N–H and O–H groups in total. The topological polar surface area (TPSA) is 86.9 Å². The summed E-state index contributed by atoms with van der Waals surface area (Å²) in [6, 6.07) is -0.0289. The van der Waals surface area contributed by atoms with Crippen molar-refractivity contribution >= 4 is 10.0 Å². The molecule has 2 rings (SSSR count). The van der Waals surface area contributed by atoms with E-state index in [2.05, 4.69) is 20.2 Å². The van der Waals surface area contributed by atoms with Crippen LogP contribution in [0.4, 0.5) is 0 Å². The molecule has 0 bridgehead atoms. The summed E-state index contributed by atoms with van der Waals surface area (Å²) in [6.45, 7) is 6.92. The second-order valence-electron chi connectivity index (χ2n) is 5.86. The first-order chi connectivity index (χ1) is 9.95. The maximum Gasteiger partial charge on any atom is 0.244 e. The molecule has 0 aromatic carbocycles. The van der Waals surface area contributed by atoms with Crippen molar-refractivity contribution < 1.29 is 8.42 Å². The zero-order valence-electron chi connectivity index (χ0n) is 13.1. The summed E-state index contributed by atoms with van der Waals surface area (Å²) >= 11 is 0. The number of rotatable bonds is 7. The molecule has 21 heavy (non-hydrogen) atoms. The van der Waals surface area contributed by atoms with Gasteiger partial charge in [-0.3, -0.25) is 5.10 Å². The van der Waals surface area contributed by atoms with Gasteiger partial charge in [-0.15, -0.1) is 0 Å². The predicted octanol–water partition coefficient (Wildman–Crippen LogP) is 1.68. The first-order valence-corrected chi connectivity index (χ1v) is 9.21. The van der Waals surface area contributed by atoms with Gasteiger partial charge in [-0.2, -0.15) is 5.10 Å². The Bertz CT molecular complexity index is 562. The molecule has 1 aromatic heterocycles. The molecule has 1 saturated carbocycles. The molecule has 7 heteroatoms. The van der Waals surface area contributed by atoms with Crippen LogP contribution in [-0.4, -0.2) is 31.2 Å². The molecule has 1 heterocycles. The van der Waals surface area contributed by atoms with E-state index in [4.69, 9.17) is 0 Å². The minimum absolute atomic E-state index is 0.0289. The fourth-order valence-electron chi connectivity index (χ4n) is 3.05. The van der Waals surface area contributed by atoms with Gasteiger partial charge in [0.15, 0.2) is 0 Å². The Morgan fingerprint density at radius 1 is 1.38 bits per heavy atom. The quantitative estimate of drug-likeness (QED) is 0.715. The van der Waals surface area contributed by atoms with Crippen molar-refractivity contribution in [2.75, 3.05) is 6.54 Å². The highest BCUT2D eigenvalue weighted by atomic mass is 32.2. The van der Waals surface area contributed by atoms with E-state index in [0.717, 1.165) is 19.4 Å². The van der Waals surface area contributed by atoms with Crippen LogP contribution in [-0.2, 0) is 16.6 Å². The fraction of sp³-hybridized carbons (Fsp3) is 0.786. The number of hydrogen-bond donors (Lipinski definition) is 3.